The minimum absolute atomic E-state index is 0.172. The van der Waals surface area contributed by atoms with Gasteiger partial charge in [-0.05, 0) is 53.0 Å². The van der Waals surface area contributed by atoms with Crippen molar-refractivity contribution in [2.24, 2.45) is 0 Å². The Hall–Kier alpha value is -0.450. The molecule has 0 aromatic heterocycles. The van der Waals surface area contributed by atoms with Crippen LogP contribution in [0.3, 0.4) is 0 Å². The lowest BCUT2D eigenvalue weighted by molar-refractivity contribution is 0.0374. The second kappa shape index (κ2) is 6.47. The Kier molecular flexibility index (Phi) is 4.95. The molecule has 1 fully saturated rings. The number of aryl methyl sites for hydroxylation is 1. The summed E-state index contributed by atoms with van der Waals surface area (Å²) in [6.45, 7) is 4.80. The van der Waals surface area contributed by atoms with E-state index < -0.39 is 0 Å². The summed E-state index contributed by atoms with van der Waals surface area (Å²) < 4.78 is 19.1. The van der Waals surface area contributed by atoms with Gasteiger partial charge in [0.15, 0.2) is 0 Å². The van der Waals surface area contributed by atoms with Gasteiger partial charge in [0.05, 0.1) is 17.7 Å². The smallest absolute Gasteiger partial charge is 0.137 e. The van der Waals surface area contributed by atoms with Crippen LogP contribution in [-0.4, -0.2) is 37.7 Å². The van der Waals surface area contributed by atoms with Crippen LogP contribution in [0.1, 0.15) is 12.0 Å². The average molecular weight is 302 g/mol. The van der Waals surface area contributed by atoms with Gasteiger partial charge in [0, 0.05) is 13.1 Å². The number of hydrogen-bond donors (Lipinski definition) is 0. The topological polar surface area (TPSA) is 12.5 Å². The second-order valence-electron chi connectivity index (χ2n) is 4.31. The second-order valence-corrected chi connectivity index (χ2v) is 5.16. The highest BCUT2D eigenvalue weighted by molar-refractivity contribution is 9.10. The van der Waals surface area contributed by atoms with Crippen LogP contribution in [0.4, 0.5) is 4.39 Å². The lowest BCUT2D eigenvalue weighted by atomic mass is 10.1. The molecule has 0 unspecified atom stereocenters. The lowest BCUT2D eigenvalue weighted by Crippen LogP contribution is -2.36. The van der Waals surface area contributed by atoms with Crippen LogP contribution in [0.2, 0.25) is 0 Å². The average Bonchev–Trinajstić information content (AvgIpc) is 2.35. The van der Waals surface area contributed by atoms with E-state index in [2.05, 4.69) is 20.8 Å². The molecule has 0 N–H and O–H groups in total. The van der Waals surface area contributed by atoms with Gasteiger partial charge in [-0.15, -0.1) is 0 Å². The number of halogens is 2. The molecule has 1 aromatic rings. The summed E-state index contributed by atoms with van der Waals surface area (Å²) in [5, 5.41) is 0. The van der Waals surface area contributed by atoms with Gasteiger partial charge in [-0.3, -0.25) is 4.90 Å². The van der Waals surface area contributed by atoms with E-state index in [1.165, 1.54) is 0 Å². The molecule has 1 aromatic carbocycles. The van der Waals surface area contributed by atoms with Gasteiger partial charge in [0.2, 0.25) is 0 Å². The van der Waals surface area contributed by atoms with Gasteiger partial charge in [-0.1, -0.05) is 6.07 Å². The highest BCUT2D eigenvalue weighted by Crippen LogP contribution is 2.17. The molecule has 0 aliphatic carbocycles. The van der Waals surface area contributed by atoms with Crippen molar-refractivity contribution in [1.29, 1.82) is 0 Å². The molecule has 0 atom stereocenters. The van der Waals surface area contributed by atoms with Crippen molar-refractivity contribution < 1.29 is 9.13 Å². The molecule has 0 bridgehead atoms. The number of benzene rings is 1. The van der Waals surface area contributed by atoms with Crippen molar-refractivity contribution >= 4 is 15.9 Å². The summed E-state index contributed by atoms with van der Waals surface area (Å²) in [6.07, 6.45) is 2.00. The first-order valence-corrected chi connectivity index (χ1v) is 6.79. The molecule has 17 heavy (non-hydrogen) atoms. The van der Waals surface area contributed by atoms with E-state index in [0.29, 0.717) is 4.47 Å². The van der Waals surface area contributed by atoms with E-state index in [9.17, 15) is 4.39 Å². The fourth-order valence-electron chi connectivity index (χ4n) is 2.03. The standard InChI is InChI=1S/C13H17BrFNO/c14-12-4-3-11(10-13(12)15)2-1-5-16-6-8-17-9-7-16/h3-4,10H,1-2,5-9H2. The SMILES string of the molecule is Fc1cc(CCCN2CCOCC2)ccc1Br. The third kappa shape index (κ3) is 4.05. The fraction of sp³-hybridized carbons (Fsp3) is 0.538. The Labute approximate surface area is 110 Å². The molecule has 2 nitrogen and oxygen atoms in total. The number of ether oxygens (including phenoxy) is 1. The summed E-state index contributed by atoms with van der Waals surface area (Å²) in [5.74, 6) is -0.172. The van der Waals surface area contributed by atoms with Crippen molar-refractivity contribution in [2.45, 2.75) is 12.8 Å². The zero-order chi connectivity index (χ0) is 12.1. The normalized spacial score (nSPS) is 17.3. The Morgan fingerprint density at radius 3 is 2.76 bits per heavy atom. The van der Waals surface area contributed by atoms with Crippen molar-refractivity contribution in [2.75, 3.05) is 32.8 Å². The number of morpholine rings is 1. The summed E-state index contributed by atoms with van der Waals surface area (Å²) >= 11 is 3.16. The summed E-state index contributed by atoms with van der Waals surface area (Å²) in [7, 11) is 0. The highest BCUT2D eigenvalue weighted by Gasteiger charge is 2.09. The third-order valence-corrected chi connectivity index (χ3v) is 3.67. The zero-order valence-corrected chi connectivity index (χ0v) is 11.4. The maximum atomic E-state index is 13.3. The maximum Gasteiger partial charge on any atom is 0.137 e. The molecule has 0 saturated carbocycles. The largest absolute Gasteiger partial charge is 0.379 e. The zero-order valence-electron chi connectivity index (χ0n) is 9.79. The lowest BCUT2D eigenvalue weighted by Gasteiger charge is -2.26. The Morgan fingerprint density at radius 1 is 1.29 bits per heavy atom. The molecule has 2 rings (SSSR count). The molecule has 1 saturated heterocycles. The van der Waals surface area contributed by atoms with Crippen molar-refractivity contribution in [3.8, 4) is 0 Å². The minimum Gasteiger partial charge on any atom is -0.379 e. The molecule has 94 valence electrons. The van der Waals surface area contributed by atoms with Crippen LogP contribution >= 0.6 is 15.9 Å². The van der Waals surface area contributed by atoms with Crippen LogP contribution in [-0.2, 0) is 11.2 Å². The number of hydrogen-bond acceptors (Lipinski definition) is 2. The van der Waals surface area contributed by atoms with E-state index in [-0.39, 0.29) is 5.82 Å². The van der Waals surface area contributed by atoms with Crippen LogP contribution in [0.5, 0.6) is 0 Å². The van der Waals surface area contributed by atoms with Crippen LogP contribution in [0, 0.1) is 5.82 Å². The number of nitrogens with zero attached hydrogens (tertiary/aromatic N) is 1. The van der Waals surface area contributed by atoms with E-state index in [1.54, 1.807) is 12.1 Å². The highest BCUT2D eigenvalue weighted by atomic mass is 79.9. The fourth-order valence-corrected chi connectivity index (χ4v) is 2.27. The van der Waals surface area contributed by atoms with E-state index >= 15 is 0 Å². The Bertz CT molecular complexity index is 366. The molecule has 0 spiro atoms. The van der Waals surface area contributed by atoms with Crippen molar-refractivity contribution in [3.63, 3.8) is 0 Å². The molecule has 1 aliphatic heterocycles. The van der Waals surface area contributed by atoms with Gasteiger partial charge in [-0.25, -0.2) is 4.39 Å². The van der Waals surface area contributed by atoms with E-state index in [1.807, 2.05) is 6.07 Å². The molecule has 0 radical (unpaired) electrons. The Morgan fingerprint density at radius 2 is 2.06 bits per heavy atom. The van der Waals surface area contributed by atoms with Gasteiger partial charge in [-0.2, -0.15) is 0 Å². The third-order valence-electron chi connectivity index (χ3n) is 3.03. The quantitative estimate of drug-likeness (QED) is 0.848. The van der Waals surface area contributed by atoms with Crippen LogP contribution in [0.15, 0.2) is 22.7 Å². The molecule has 0 amide bonds. The van der Waals surface area contributed by atoms with Gasteiger partial charge in [0.1, 0.15) is 5.82 Å². The Balaban J connectivity index is 1.75. The predicted molar refractivity (Wildman–Crippen MR) is 69.7 cm³/mol. The monoisotopic (exact) mass is 301 g/mol. The summed E-state index contributed by atoms with van der Waals surface area (Å²) in [5.41, 5.74) is 1.07. The molecular formula is C13H17BrFNO. The number of rotatable bonds is 4. The summed E-state index contributed by atoms with van der Waals surface area (Å²) in [4.78, 5) is 2.40. The van der Waals surface area contributed by atoms with Gasteiger partial charge >= 0.3 is 0 Å². The summed E-state index contributed by atoms with van der Waals surface area (Å²) in [6, 6.07) is 5.37. The van der Waals surface area contributed by atoms with Crippen molar-refractivity contribution in [1.82, 2.24) is 4.90 Å². The van der Waals surface area contributed by atoms with Crippen molar-refractivity contribution in [3.05, 3.63) is 34.1 Å². The first-order valence-electron chi connectivity index (χ1n) is 6.00. The molecule has 1 aliphatic rings. The molecule has 4 heteroatoms. The molecular weight excluding hydrogens is 285 g/mol. The van der Waals surface area contributed by atoms with E-state index in [0.717, 1.165) is 51.3 Å². The van der Waals surface area contributed by atoms with Gasteiger partial charge < -0.3 is 4.74 Å². The van der Waals surface area contributed by atoms with E-state index in [4.69, 9.17) is 4.74 Å². The molecule has 1 heterocycles. The first-order chi connectivity index (χ1) is 8.25. The van der Waals surface area contributed by atoms with Crippen LogP contribution < -0.4 is 0 Å². The van der Waals surface area contributed by atoms with Crippen LogP contribution in [0.25, 0.3) is 0 Å². The minimum atomic E-state index is -0.172. The maximum absolute atomic E-state index is 13.3. The van der Waals surface area contributed by atoms with Gasteiger partial charge in [0.25, 0.3) is 0 Å². The predicted octanol–water partition coefficient (Wildman–Crippen LogP) is 2.85. The first kappa shape index (κ1) is 13.0.